The molecule has 0 aromatic heterocycles. The molecule has 1 rings (SSSR count). The predicted octanol–water partition coefficient (Wildman–Crippen LogP) is 2.61. The van der Waals surface area contributed by atoms with Crippen LogP contribution in [0.5, 0.6) is 0 Å². The lowest BCUT2D eigenvalue weighted by atomic mass is 10.0. The van der Waals surface area contributed by atoms with Crippen molar-refractivity contribution < 1.29 is 58.2 Å². The molecule has 3 nitrogen and oxygen atoms in total. The summed E-state index contributed by atoms with van der Waals surface area (Å²) < 4.78 is 127. The summed E-state index contributed by atoms with van der Waals surface area (Å²) in [6.45, 7) is 0. The third-order valence-electron chi connectivity index (χ3n) is 1.97. The highest BCUT2D eigenvalue weighted by Gasteiger charge is 2.89. The summed E-state index contributed by atoms with van der Waals surface area (Å²) in [5.74, 6) is 0. The Labute approximate surface area is 95.6 Å². The minimum atomic E-state index is -6.71. The van der Waals surface area contributed by atoms with E-state index in [1.165, 1.54) is 0 Å². The molecule has 0 amide bonds. The minimum Gasteiger partial charge on any atom is -0.282 e. The van der Waals surface area contributed by atoms with Crippen LogP contribution >= 0.6 is 0 Å². The quantitative estimate of drug-likeness (QED) is 0.552. The normalized spacial score (nSPS) is 35.5. The summed E-state index contributed by atoms with van der Waals surface area (Å²) in [4.78, 5) is 10.0. The standard InChI is InChI=1S/C6F10O3/c7-1(17)2(3(8,9)10)5(14,15)19-6(16,18-2)4(11,12)13. The van der Waals surface area contributed by atoms with Gasteiger partial charge >= 0.3 is 36.1 Å². The summed E-state index contributed by atoms with van der Waals surface area (Å²) in [7, 11) is 0. The smallest absolute Gasteiger partial charge is 0.282 e. The molecule has 1 fully saturated rings. The van der Waals surface area contributed by atoms with Crippen molar-refractivity contribution in [2.24, 2.45) is 0 Å². The van der Waals surface area contributed by atoms with Gasteiger partial charge in [0.25, 0.3) is 0 Å². The van der Waals surface area contributed by atoms with Crippen LogP contribution in [-0.2, 0) is 14.3 Å². The number of carbonyl (C=O) groups excluding carboxylic acids is 1. The van der Waals surface area contributed by atoms with Gasteiger partial charge in [0.15, 0.2) is 0 Å². The fraction of sp³-hybridized carbons (Fsp3) is 0.833. The number of alkyl halides is 9. The van der Waals surface area contributed by atoms with Crippen molar-refractivity contribution in [3.8, 4) is 0 Å². The zero-order valence-corrected chi connectivity index (χ0v) is 8.00. The molecule has 0 aliphatic carbocycles. The van der Waals surface area contributed by atoms with Gasteiger partial charge in [-0.1, -0.05) is 0 Å². The third-order valence-corrected chi connectivity index (χ3v) is 1.97. The Hall–Kier alpha value is -1.11. The Morgan fingerprint density at radius 3 is 1.42 bits per heavy atom. The van der Waals surface area contributed by atoms with Crippen molar-refractivity contribution >= 4 is 6.04 Å². The lowest BCUT2D eigenvalue weighted by Gasteiger charge is -2.28. The van der Waals surface area contributed by atoms with Crippen LogP contribution in [0.2, 0.25) is 0 Å². The Morgan fingerprint density at radius 2 is 1.26 bits per heavy atom. The maximum atomic E-state index is 12.8. The Morgan fingerprint density at radius 1 is 0.842 bits per heavy atom. The summed E-state index contributed by atoms with van der Waals surface area (Å²) in [6.07, 6.45) is -19.5. The molecule has 1 heterocycles. The van der Waals surface area contributed by atoms with Crippen LogP contribution in [0.3, 0.4) is 0 Å². The van der Waals surface area contributed by atoms with E-state index >= 15 is 0 Å². The van der Waals surface area contributed by atoms with Gasteiger partial charge in [0.05, 0.1) is 0 Å². The molecule has 0 radical (unpaired) electrons. The minimum absolute atomic E-state index is 2.18. The fourth-order valence-corrected chi connectivity index (χ4v) is 1.12. The monoisotopic (exact) mass is 310 g/mol. The Balaban J connectivity index is 3.48. The van der Waals surface area contributed by atoms with Gasteiger partial charge in [-0.05, 0) is 0 Å². The molecule has 2 atom stereocenters. The number of rotatable bonds is 1. The van der Waals surface area contributed by atoms with Gasteiger partial charge in [-0.2, -0.15) is 43.9 Å². The molecule has 2 unspecified atom stereocenters. The van der Waals surface area contributed by atoms with Crippen molar-refractivity contribution in [1.29, 1.82) is 0 Å². The molecule has 1 saturated heterocycles. The average molecular weight is 310 g/mol. The van der Waals surface area contributed by atoms with Crippen molar-refractivity contribution in [1.82, 2.24) is 0 Å². The second-order valence-electron chi connectivity index (χ2n) is 3.21. The van der Waals surface area contributed by atoms with E-state index in [4.69, 9.17) is 0 Å². The van der Waals surface area contributed by atoms with Gasteiger partial charge in [-0.3, -0.25) is 9.53 Å². The van der Waals surface area contributed by atoms with E-state index in [0.717, 1.165) is 0 Å². The molecule has 0 saturated carbocycles. The second kappa shape index (κ2) is 3.71. The van der Waals surface area contributed by atoms with Crippen LogP contribution in [0.4, 0.5) is 43.9 Å². The van der Waals surface area contributed by atoms with Crippen molar-refractivity contribution in [2.75, 3.05) is 0 Å². The summed E-state index contributed by atoms with van der Waals surface area (Å²) in [5.41, 5.74) is -6.04. The van der Waals surface area contributed by atoms with E-state index in [0.29, 0.717) is 0 Å². The van der Waals surface area contributed by atoms with Crippen molar-refractivity contribution in [2.45, 2.75) is 30.1 Å². The number of halogens is 10. The topological polar surface area (TPSA) is 35.5 Å². The molecule has 0 aromatic rings. The molecule has 1 aliphatic heterocycles. The van der Waals surface area contributed by atoms with Gasteiger partial charge < -0.3 is 0 Å². The van der Waals surface area contributed by atoms with E-state index < -0.39 is 36.1 Å². The molecule has 0 bridgehead atoms. The van der Waals surface area contributed by atoms with Gasteiger partial charge in [0, 0.05) is 0 Å². The first-order valence-corrected chi connectivity index (χ1v) is 3.91. The highest BCUT2D eigenvalue weighted by Crippen LogP contribution is 2.59. The van der Waals surface area contributed by atoms with Gasteiger partial charge in [0.2, 0.25) is 0 Å². The lowest BCUT2D eigenvalue weighted by molar-refractivity contribution is -0.433. The first kappa shape index (κ1) is 15.9. The average Bonchev–Trinajstić information content (AvgIpc) is 2.31. The summed E-state index contributed by atoms with van der Waals surface area (Å²) in [6, 6.07) is -10.1. The number of carbonyl (C=O) groups is 1. The maximum Gasteiger partial charge on any atom is 0.478 e. The molecule has 19 heavy (non-hydrogen) atoms. The molecule has 112 valence electrons. The zero-order valence-electron chi connectivity index (χ0n) is 8.00. The number of ether oxygens (including phenoxy) is 2. The van der Waals surface area contributed by atoms with E-state index in [-0.39, 0.29) is 0 Å². The van der Waals surface area contributed by atoms with Crippen LogP contribution in [-0.4, -0.2) is 36.1 Å². The molecular weight excluding hydrogens is 310 g/mol. The summed E-state index contributed by atoms with van der Waals surface area (Å²) in [5, 5.41) is 0. The Kier molecular flexibility index (Phi) is 3.12. The number of hydrogen-bond donors (Lipinski definition) is 0. The van der Waals surface area contributed by atoms with E-state index in [1.807, 2.05) is 0 Å². The highest BCUT2D eigenvalue weighted by atomic mass is 19.4. The van der Waals surface area contributed by atoms with Crippen molar-refractivity contribution in [3.63, 3.8) is 0 Å². The first-order valence-electron chi connectivity index (χ1n) is 3.91. The molecule has 13 heteroatoms. The third kappa shape index (κ3) is 1.94. The van der Waals surface area contributed by atoms with Gasteiger partial charge in [-0.15, -0.1) is 0 Å². The largest absolute Gasteiger partial charge is 0.478 e. The van der Waals surface area contributed by atoms with Crippen molar-refractivity contribution in [3.05, 3.63) is 0 Å². The van der Waals surface area contributed by atoms with E-state index in [1.54, 1.807) is 0 Å². The first-order chi connectivity index (χ1) is 8.11. The van der Waals surface area contributed by atoms with Crippen LogP contribution in [0.15, 0.2) is 0 Å². The SMILES string of the molecule is O=C(F)C1(C(F)(F)F)OC(F)(C(F)(F)F)OC1(F)F. The van der Waals surface area contributed by atoms with Crippen LogP contribution in [0.25, 0.3) is 0 Å². The van der Waals surface area contributed by atoms with Crippen LogP contribution in [0, 0.1) is 0 Å². The molecule has 0 N–H and O–H groups in total. The molecular formula is C6F10O3. The lowest BCUT2D eigenvalue weighted by Crippen LogP contribution is -2.61. The predicted molar refractivity (Wildman–Crippen MR) is 31.9 cm³/mol. The number of hydrogen-bond acceptors (Lipinski definition) is 3. The zero-order chi connectivity index (χ0) is 15.5. The fourth-order valence-electron chi connectivity index (χ4n) is 1.12. The highest BCUT2D eigenvalue weighted by molar-refractivity contribution is 5.81. The van der Waals surface area contributed by atoms with Crippen LogP contribution < -0.4 is 0 Å². The van der Waals surface area contributed by atoms with E-state index in [9.17, 15) is 48.7 Å². The molecule has 0 spiro atoms. The van der Waals surface area contributed by atoms with Crippen LogP contribution in [0.1, 0.15) is 0 Å². The maximum absolute atomic E-state index is 12.8. The molecule has 1 aliphatic rings. The Bertz CT molecular complexity index is 399. The van der Waals surface area contributed by atoms with Gasteiger partial charge in [-0.25, -0.2) is 4.74 Å². The summed E-state index contributed by atoms with van der Waals surface area (Å²) >= 11 is 0. The molecule has 0 aromatic carbocycles. The van der Waals surface area contributed by atoms with Gasteiger partial charge in [0.1, 0.15) is 0 Å². The van der Waals surface area contributed by atoms with E-state index in [2.05, 4.69) is 9.47 Å². The second-order valence-corrected chi connectivity index (χ2v) is 3.21.